The topological polar surface area (TPSA) is 103 Å². The third-order valence-electron chi connectivity index (χ3n) is 23.9. The van der Waals surface area contributed by atoms with Gasteiger partial charge in [0.2, 0.25) is 0 Å². The average molecular weight is 2040 g/mol. The normalized spacial score (nSPS) is 11.3. The van der Waals surface area contributed by atoms with Gasteiger partial charge < -0.3 is 0 Å². The lowest BCUT2D eigenvalue weighted by atomic mass is 9.99. The van der Waals surface area contributed by atoms with Crippen LogP contribution in [0.25, 0.3) is 229 Å². The summed E-state index contributed by atoms with van der Waals surface area (Å²) in [4.78, 5) is 39.4. The predicted octanol–water partition coefficient (Wildman–Crippen LogP) is 36.0. The zero-order valence-electron chi connectivity index (χ0n) is 72.0. The maximum atomic E-state index is 5.18. The molecule has 7 heterocycles. The van der Waals surface area contributed by atoms with Crippen molar-refractivity contribution in [3.8, 4) is 146 Å². The molecule has 0 atom stereocenters. The van der Waals surface area contributed by atoms with Crippen LogP contribution in [0.1, 0.15) is 0 Å². The van der Waals surface area contributed by atoms with Crippen LogP contribution in [0.2, 0.25) is 0 Å². The summed E-state index contributed by atoms with van der Waals surface area (Å²) in [6.07, 6.45) is 0. The summed E-state index contributed by atoms with van der Waals surface area (Å²) in [6, 6.07) is 156. The molecule has 0 bridgehead atoms. The molecule has 0 amide bonds. The fourth-order valence-corrected chi connectivity index (χ4v) is 21.9. The lowest BCUT2D eigenvalue weighted by molar-refractivity contribution is 1.12. The summed E-state index contributed by atoms with van der Waals surface area (Å²) in [5, 5.41) is 12.4. The molecule has 0 aliphatic carbocycles. The first-order chi connectivity index (χ1) is 66.4. The number of rotatable bonds is 13. The van der Waals surface area contributed by atoms with E-state index in [1.165, 1.54) is 93.2 Å². The van der Waals surface area contributed by atoms with Gasteiger partial charge in [-0.25, -0.2) is 39.9 Å². The van der Waals surface area contributed by atoms with Crippen LogP contribution in [0, 0.1) is 0 Å². The van der Waals surface area contributed by atoms with E-state index in [2.05, 4.69) is 432 Å². The van der Waals surface area contributed by atoms with Crippen molar-refractivity contribution in [1.29, 1.82) is 0 Å². The maximum Gasteiger partial charge on any atom is 0.197 e. The minimum Gasteiger partial charge on any atom is -0.228 e. The van der Waals surface area contributed by atoms with E-state index in [1.54, 1.807) is 11.3 Å². The van der Waals surface area contributed by atoms with Crippen LogP contribution in [0.3, 0.4) is 0 Å². The minimum absolute atomic E-state index is 0.601. The molecule has 0 aliphatic rings. The van der Waals surface area contributed by atoms with Crippen molar-refractivity contribution >= 4 is 180 Å². The third-order valence-corrected chi connectivity index (χ3v) is 29.2. The van der Waals surface area contributed by atoms with Gasteiger partial charge in [0.15, 0.2) is 22.2 Å². The number of nitrogens with zero attached hydrogens (tertiary/aromatic N) is 8. The van der Waals surface area contributed by atoms with Gasteiger partial charge in [-0.15, -0.1) is 34.0 Å². The first-order valence-electron chi connectivity index (χ1n) is 44.0. The van der Waals surface area contributed by atoms with Crippen LogP contribution in [0.15, 0.2) is 467 Å². The number of benzene rings is 18. The second kappa shape index (κ2) is 38.5. The van der Waals surface area contributed by atoms with Crippen molar-refractivity contribution in [2.45, 2.75) is 0 Å². The summed E-state index contributed by atoms with van der Waals surface area (Å²) in [7, 11) is 0. The Morgan fingerprint density at radius 2 is 0.481 bits per heavy atom. The second-order valence-electron chi connectivity index (χ2n) is 32.6. The molecule has 25 aromatic rings. The second-order valence-corrected chi connectivity index (χ2v) is 39.3. The fourth-order valence-electron chi connectivity index (χ4n) is 17.2. The van der Waals surface area contributed by atoms with Crippen LogP contribution in [-0.4, -0.2) is 39.9 Å². The Labute approximate surface area is 825 Å². The highest BCUT2D eigenvalue weighted by Gasteiger charge is 2.20. The molecule has 0 aliphatic heterocycles. The van der Waals surface area contributed by atoms with Crippen LogP contribution in [-0.2, 0) is 0 Å². The van der Waals surface area contributed by atoms with Crippen molar-refractivity contribution < 1.29 is 0 Å². The number of hydrogen-bond acceptors (Lipinski definition) is 11. The van der Waals surface area contributed by atoms with Gasteiger partial charge in [0.05, 0.1) is 45.6 Å². The van der Waals surface area contributed by atoms with E-state index < -0.39 is 0 Å². The maximum absolute atomic E-state index is 5.18. The Hall–Kier alpha value is -14.6. The molecule has 25 rings (SSSR count). The summed E-state index contributed by atoms with van der Waals surface area (Å²) in [6.45, 7) is 0. The van der Waals surface area contributed by atoms with Gasteiger partial charge in [-0.05, 0) is 181 Å². The quantitative estimate of drug-likeness (QED) is 0.105. The Morgan fingerprint density at radius 3 is 1.07 bits per heavy atom. The van der Waals surface area contributed by atoms with Crippen molar-refractivity contribution in [2.24, 2.45) is 0 Å². The Balaban J connectivity index is 0.000000106. The highest BCUT2D eigenvalue weighted by Crippen LogP contribution is 2.44. The summed E-state index contributed by atoms with van der Waals surface area (Å²) < 4.78 is 11.5. The van der Waals surface area contributed by atoms with Crippen LogP contribution < -0.4 is 0 Å². The zero-order valence-corrected chi connectivity index (χ0v) is 80.8. The molecule has 135 heavy (non-hydrogen) atoms. The van der Waals surface area contributed by atoms with Crippen LogP contribution in [0.4, 0.5) is 0 Å². The molecular weight excluding hydrogens is 1970 g/mol. The molecule has 0 radical (unpaired) electrons. The van der Waals surface area contributed by atoms with Gasteiger partial charge in [-0.1, -0.05) is 375 Å². The molecule has 0 spiro atoms. The average Bonchev–Trinajstić information content (AvgIpc) is 1.71. The lowest BCUT2D eigenvalue weighted by Gasteiger charge is -2.12. The van der Waals surface area contributed by atoms with E-state index in [-0.39, 0.29) is 0 Å². The van der Waals surface area contributed by atoms with Crippen LogP contribution >= 0.6 is 97.7 Å². The molecule has 640 valence electrons. The molecule has 0 fully saturated rings. The van der Waals surface area contributed by atoms with Gasteiger partial charge in [0, 0.05) is 135 Å². The molecule has 8 nitrogen and oxygen atoms in total. The summed E-state index contributed by atoms with van der Waals surface area (Å²) in [5.41, 5.74) is 23.6. The number of halogens is 4. The molecule has 0 saturated carbocycles. The highest BCUT2D eigenvalue weighted by molar-refractivity contribution is 9.11. The number of fused-ring (bicyclic) bond motifs is 11. The van der Waals surface area contributed by atoms with E-state index in [0.29, 0.717) is 10.6 Å². The van der Waals surface area contributed by atoms with Crippen molar-refractivity contribution in [3.63, 3.8) is 0 Å². The van der Waals surface area contributed by atoms with Gasteiger partial charge in [-0.3, -0.25) is 0 Å². The van der Waals surface area contributed by atoms with E-state index in [1.807, 2.05) is 114 Å². The van der Waals surface area contributed by atoms with Gasteiger partial charge >= 0.3 is 0 Å². The molecule has 7 aromatic heterocycles. The predicted molar refractivity (Wildman–Crippen MR) is 583 cm³/mol. The van der Waals surface area contributed by atoms with E-state index in [9.17, 15) is 0 Å². The molecule has 0 saturated heterocycles. The van der Waals surface area contributed by atoms with Crippen molar-refractivity contribution in [1.82, 2.24) is 39.9 Å². The van der Waals surface area contributed by atoms with E-state index in [4.69, 9.17) is 29.9 Å². The monoisotopic (exact) mass is 2040 g/mol. The standard InChI is InChI=1S/C38H23BrN2S.C32H21BrN2.C28H17BrN2S.C22H13BrN2S/c39-29-18-20-36-33(22-29)32-19-17-28(21-37(32)42-36)38-40-34(27-15-13-25(14-16-27)24-7-2-1-3-8-24)23-35(41-38)31-12-6-10-26-9-4-5-11-30(26)31;33-29-15-7-13-26(20-29)25-12-6-14-28(19-25)32-34-30(23-9-2-1-3-10-23)21-31(35-32)27-17-16-22-8-4-5-11-24(22)18-27;29-21-13-10-19(11-14-21)28-30-24(18-6-2-1-3-7-18)17-25(31-28)20-12-15-27-23(16-20)22-8-4-5-9-26(22)32-27;23-22-24-18(14-6-2-1-3-7-14)13-19(25-22)15-10-11-21-17(12-15)16-8-4-5-9-20(16)26-21/h1-23H;1-21H;1-17H;1-13H. The SMILES string of the molecule is Brc1ccc(-c2nc(-c3ccccc3)cc(-c3ccc4sc5ccccc5c4c3)n2)cc1.Brc1ccc2sc3cc(-c4nc(-c5ccc(-c6ccccc6)cc5)cc(-c5cccc6ccccc56)n4)ccc3c2c1.Brc1cccc(-c2cccc(-c3nc(-c4ccccc4)cc(-c4ccc5ccccc5c4)n3)c2)c1.Brc1nc(-c2ccccc2)cc(-c2ccc3sc4ccccc4c3c2)n1. The fraction of sp³-hybridized carbons (Fsp3) is 0. The van der Waals surface area contributed by atoms with Gasteiger partial charge in [-0.2, -0.15) is 0 Å². The number of thiophene rings is 3. The van der Waals surface area contributed by atoms with Gasteiger partial charge in [0.1, 0.15) is 0 Å². The zero-order chi connectivity index (χ0) is 90.7. The summed E-state index contributed by atoms with van der Waals surface area (Å²) in [5.74, 6) is 2.17. The first kappa shape index (κ1) is 85.8. The molecule has 15 heteroatoms. The molecule has 18 aromatic carbocycles. The number of aromatic nitrogens is 8. The van der Waals surface area contributed by atoms with E-state index in [0.717, 1.165) is 143 Å². The van der Waals surface area contributed by atoms with Gasteiger partial charge in [0.25, 0.3) is 0 Å². The van der Waals surface area contributed by atoms with Crippen molar-refractivity contribution in [3.05, 3.63) is 467 Å². The molecule has 0 N–H and O–H groups in total. The largest absolute Gasteiger partial charge is 0.228 e. The van der Waals surface area contributed by atoms with Crippen molar-refractivity contribution in [2.75, 3.05) is 0 Å². The number of hydrogen-bond donors (Lipinski definition) is 0. The smallest absolute Gasteiger partial charge is 0.197 e. The third kappa shape index (κ3) is 18.7. The Bertz CT molecular complexity index is 8740. The lowest BCUT2D eigenvalue weighted by Crippen LogP contribution is -1.96. The molecular formula is C120H74Br4N8S3. The van der Waals surface area contributed by atoms with Crippen LogP contribution in [0.5, 0.6) is 0 Å². The first-order valence-corrected chi connectivity index (χ1v) is 49.7. The minimum atomic E-state index is 0.601. The van der Waals surface area contributed by atoms with E-state index >= 15 is 0 Å². The molecule has 0 unspecified atom stereocenters. The Morgan fingerprint density at radius 1 is 0.148 bits per heavy atom. The Kier molecular flexibility index (Phi) is 24.5. The summed E-state index contributed by atoms with van der Waals surface area (Å²) >= 11 is 19.7. The highest BCUT2D eigenvalue weighted by atomic mass is 79.9.